The smallest absolute Gasteiger partial charge is 0.161 e. The molecule has 0 aromatic heterocycles. The fourth-order valence-corrected chi connectivity index (χ4v) is 3.05. The van der Waals surface area contributed by atoms with Gasteiger partial charge in [0.2, 0.25) is 0 Å². The summed E-state index contributed by atoms with van der Waals surface area (Å²) in [5.74, 6) is 2.86. The van der Waals surface area contributed by atoms with Crippen molar-refractivity contribution < 1.29 is 9.47 Å². The fraction of sp³-hybridized carbons (Fsp3) is 0.600. The first kappa shape index (κ1) is 13.7. The number of halogens is 1. The molecule has 1 aromatic rings. The molecule has 0 fully saturated rings. The first-order valence-corrected chi connectivity index (χ1v) is 7.51. The third-order valence-corrected chi connectivity index (χ3v) is 3.96. The van der Waals surface area contributed by atoms with E-state index < -0.39 is 0 Å². The third-order valence-electron chi connectivity index (χ3n) is 3.05. The Hall–Kier alpha value is -0.700. The van der Waals surface area contributed by atoms with Gasteiger partial charge < -0.3 is 9.47 Å². The minimum Gasteiger partial charge on any atom is -0.489 e. The van der Waals surface area contributed by atoms with Gasteiger partial charge in [0, 0.05) is 10.7 Å². The van der Waals surface area contributed by atoms with E-state index in [2.05, 4.69) is 48.8 Å². The Morgan fingerprint density at radius 3 is 2.56 bits per heavy atom. The highest BCUT2D eigenvalue weighted by Crippen LogP contribution is 2.37. The number of fused-ring (bicyclic) bond motifs is 1. The van der Waals surface area contributed by atoms with Crippen molar-refractivity contribution in [2.24, 2.45) is 11.8 Å². The van der Waals surface area contributed by atoms with Crippen LogP contribution in [-0.2, 0) is 0 Å². The Morgan fingerprint density at radius 1 is 1.22 bits per heavy atom. The predicted molar refractivity (Wildman–Crippen MR) is 77.7 cm³/mol. The lowest BCUT2D eigenvalue weighted by molar-refractivity contribution is 0.228. The number of hydrogen-bond acceptors (Lipinski definition) is 2. The summed E-state index contributed by atoms with van der Waals surface area (Å²) in [6.07, 6.45) is 1.12. The van der Waals surface area contributed by atoms with E-state index in [0.29, 0.717) is 16.7 Å². The van der Waals surface area contributed by atoms with Crippen molar-refractivity contribution in [2.45, 2.75) is 32.0 Å². The van der Waals surface area contributed by atoms with Gasteiger partial charge in [-0.1, -0.05) is 42.8 Å². The molecule has 0 saturated carbocycles. The Kier molecular flexibility index (Phi) is 4.55. The molecule has 100 valence electrons. The maximum Gasteiger partial charge on any atom is 0.161 e. The van der Waals surface area contributed by atoms with Gasteiger partial charge in [0.1, 0.15) is 0 Å². The molecule has 0 spiro atoms. The van der Waals surface area contributed by atoms with Crippen molar-refractivity contribution in [3.63, 3.8) is 0 Å². The van der Waals surface area contributed by atoms with E-state index in [0.717, 1.165) is 31.1 Å². The van der Waals surface area contributed by atoms with E-state index in [-0.39, 0.29) is 0 Å². The Morgan fingerprint density at radius 2 is 1.89 bits per heavy atom. The highest BCUT2D eigenvalue weighted by Gasteiger charge is 2.17. The van der Waals surface area contributed by atoms with Gasteiger partial charge in [-0.3, -0.25) is 0 Å². The van der Waals surface area contributed by atoms with Crippen LogP contribution >= 0.6 is 15.9 Å². The SMILES string of the molecule is CC(C)CC(Br)c1ccc2c(c1)OCC(C)CO2. The highest BCUT2D eigenvalue weighted by molar-refractivity contribution is 9.09. The lowest BCUT2D eigenvalue weighted by Crippen LogP contribution is -2.12. The van der Waals surface area contributed by atoms with Crippen LogP contribution in [0, 0.1) is 11.8 Å². The molecule has 2 unspecified atom stereocenters. The molecular formula is C15H21BrO2. The van der Waals surface area contributed by atoms with Crippen LogP contribution in [0.5, 0.6) is 11.5 Å². The Bertz CT molecular complexity index is 403. The van der Waals surface area contributed by atoms with E-state index >= 15 is 0 Å². The molecule has 1 aliphatic rings. The number of benzene rings is 1. The van der Waals surface area contributed by atoms with E-state index in [1.165, 1.54) is 5.56 Å². The molecule has 2 rings (SSSR count). The molecular weight excluding hydrogens is 292 g/mol. The van der Waals surface area contributed by atoms with Gasteiger partial charge >= 0.3 is 0 Å². The monoisotopic (exact) mass is 312 g/mol. The van der Waals surface area contributed by atoms with Crippen molar-refractivity contribution >= 4 is 15.9 Å². The Balaban J connectivity index is 2.16. The molecule has 1 heterocycles. The average molecular weight is 313 g/mol. The lowest BCUT2D eigenvalue weighted by atomic mass is 10.0. The van der Waals surface area contributed by atoms with Gasteiger partial charge in [0.05, 0.1) is 13.2 Å². The van der Waals surface area contributed by atoms with Crippen LogP contribution in [0.3, 0.4) is 0 Å². The summed E-state index contributed by atoms with van der Waals surface area (Å²) in [4.78, 5) is 0.382. The van der Waals surface area contributed by atoms with E-state index in [1.807, 2.05) is 6.07 Å². The summed E-state index contributed by atoms with van der Waals surface area (Å²) in [6.45, 7) is 8.07. The zero-order valence-electron chi connectivity index (χ0n) is 11.3. The second kappa shape index (κ2) is 5.96. The van der Waals surface area contributed by atoms with E-state index in [1.54, 1.807) is 0 Å². The van der Waals surface area contributed by atoms with Gasteiger partial charge in [-0.2, -0.15) is 0 Å². The molecule has 1 aliphatic heterocycles. The standard InChI is InChI=1S/C15H21BrO2/c1-10(2)6-13(16)12-4-5-14-15(7-12)18-9-11(3)8-17-14/h4-5,7,10-11,13H,6,8-9H2,1-3H3. The van der Waals surface area contributed by atoms with Gasteiger partial charge in [-0.25, -0.2) is 0 Å². The highest BCUT2D eigenvalue weighted by atomic mass is 79.9. The van der Waals surface area contributed by atoms with Gasteiger partial charge in [-0.05, 0) is 30.0 Å². The number of alkyl halides is 1. The summed E-state index contributed by atoms with van der Waals surface area (Å²) in [5.41, 5.74) is 1.26. The number of rotatable bonds is 3. The minimum atomic E-state index is 0.382. The quantitative estimate of drug-likeness (QED) is 0.761. The zero-order chi connectivity index (χ0) is 13.1. The van der Waals surface area contributed by atoms with Crippen LogP contribution in [0.1, 0.15) is 37.6 Å². The predicted octanol–water partition coefficient (Wildman–Crippen LogP) is 4.58. The zero-order valence-corrected chi connectivity index (χ0v) is 12.9. The van der Waals surface area contributed by atoms with Crippen LogP contribution in [0.4, 0.5) is 0 Å². The topological polar surface area (TPSA) is 18.5 Å². The molecule has 2 atom stereocenters. The maximum absolute atomic E-state index is 5.81. The van der Waals surface area contributed by atoms with Crippen molar-refractivity contribution in [1.29, 1.82) is 0 Å². The molecule has 3 heteroatoms. The normalized spacial score (nSPS) is 20.6. The molecule has 0 aliphatic carbocycles. The molecule has 0 saturated heterocycles. The second-order valence-corrected chi connectivity index (χ2v) is 6.64. The molecule has 18 heavy (non-hydrogen) atoms. The molecule has 0 amide bonds. The van der Waals surface area contributed by atoms with Gasteiger partial charge in [-0.15, -0.1) is 0 Å². The van der Waals surface area contributed by atoms with E-state index in [9.17, 15) is 0 Å². The molecule has 0 N–H and O–H groups in total. The summed E-state index contributed by atoms with van der Waals surface area (Å²) >= 11 is 3.75. The first-order valence-electron chi connectivity index (χ1n) is 6.60. The maximum atomic E-state index is 5.81. The van der Waals surface area contributed by atoms with Crippen LogP contribution in [-0.4, -0.2) is 13.2 Å². The summed E-state index contributed by atoms with van der Waals surface area (Å²) in [5, 5.41) is 0. The van der Waals surface area contributed by atoms with Crippen molar-refractivity contribution in [1.82, 2.24) is 0 Å². The van der Waals surface area contributed by atoms with Gasteiger partial charge in [0.15, 0.2) is 11.5 Å². The largest absolute Gasteiger partial charge is 0.489 e. The molecule has 2 nitrogen and oxygen atoms in total. The van der Waals surface area contributed by atoms with Crippen LogP contribution in [0.15, 0.2) is 18.2 Å². The number of hydrogen-bond donors (Lipinski definition) is 0. The number of ether oxygens (including phenoxy) is 2. The fourth-order valence-electron chi connectivity index (χ4n) is 2.01. The van der Waals surface area contributed by atoms with E-state index in [4.69, 9.17) is 9.47 Å². The van der Waals surface area contributed by atoms with Crippen molar-refractivity contribution in [2.75, 3.05) is 13.2 Å². The molecule has 0 radical (unpaired) electrons. The van der Waals surface area contributed by atoms with Crippen molar-refractivity contribution in [3.8, 4) is 11.5 Å². The summed E-state index contributed by atoms with van der Waals surface area (Å²) in [7, 11) is 0. The van der Waals surface area contributed by atoms with Crippen molar-refractivity contribution in [3.05, 3.63) is 23.8 Å². The van der Waals surface area contributed by atoms with Gasteiger partial charge in [0.25, 0.3) is 0 Å². The minimum absolute atomic E-state index is 0.382. The Labute approximate surface area is 118 Å². The first-order chi connectivity index (χ1) is 8.56. The van der Waals surface area contributed by atoms with Crippen LogP contribution in [0.25, 0.3) is 0 Å². The summed E-state index contributed by atoms with van der Waals surface area (Å²) in [6, 6.07) is 6.26. The van der Waals surface area contributed by atoms with Crippen LogP contribution < -0.4 is 9.47 Å². The summed E-state index contributed by atoms with van der Waals surface area (Å²) < 4.78 is 11.5. The molecule has 1 aromatic carbocycles. The average Bonchev–Trinajstić information content (AvgIpc) is 2.50. The van der Waals surface area contributed by atoms with Crippen LogP contribution in [0.2, 0.25) is 0 Å². The second-order valence-electron chi connectivity index (χ2n) is 5.53. The lowest BCUT2D eigenvalue weighted by Gasteiger charge is -2.15. The molecule has 0 bridgehead atoms. The third kappa shape index (κ3) is 3.41.